The molecule has 2 heterocycles. The number of hydrogen-bond acceptors (Lipinski definition) is 4. The second-order valence-corrected chi connectivity index (χ2v) is 5.36. The highest BCUT2D eigenvalue weighted by Crippen LogP contribution is 2.48. The van der Waals surface area contributed by atoms with Gasteiger partial charge in [0.25, 0.3) is 0 Å². The Balaban J connectivity index is 2.47. The summed E-state index contributed by atoms with van der Waals surface area (Å²) in [4.78, 5) is 19.4. The van der Waals surface area contributed by atoms with Gasteiger partial charge in [-0.25, -0.2) is 9.97 Å². The lowest BCUT2D eigenvalue weighted by Crippen LogP contribution is -2.13. The van der Waals surface area contributed by atoms with Gasteiger partial charge in [0.1, 0.15) is 17.8 Å². The number of aldehydes is 1. The van der Waals surface area contributed by atoms with Crippen molar-refractivity contribution < 1.29 is 4.79 Å². The van der Waals surface area contributed by atoms with Crippen LogP contribution in [0, 0.1) is 0 Å². The molecule has 2 N–H and O–H groups in total. The molecule has 0 aromatic carbocycles. The summed E-state index contributed by atoms with van der Waals surface area (Å²) in [6.45, 7) is 2.14. The molecule has 6 heteroatoms. The van der Waals surface area contributed by atoms with Crippen molar-refractivity contribution in [3.05, 3.63) is 16.5 Å². The Morgan fingerprint density at radius 3 is 2.82 bits per heavy atom. The Morgan fingerprint density at radius 2 is 2.24 bits per heavy atom. The van der Waals surface area contributed by atoms with Crippen molar-refractivity contribution in [2.75, 3.05) is 5.73 Å². The first-order valence-corrected chi connectivity index (χ1v) is 6.14. The van der Waals surface area contributed by atoms with Crippen molar-refractivity contribution >= 4 is 39.1 Å². The minimum absolute atomic E-state index is 0.0408. The summed E-state index contributed by atoms with van der Waals surface area (Å²) >= 11 is 3.47. The highest BCUT2D eigenvalue weighted by atomic mass is 79.9. The Labute approximate surface area is 106 Å². The zero-order chi connectivity index (χ0) is 12.2. The van der Waals surface area contributed by atoms with Crippen LogP contribution in [0.25, 0.3) is 11.0 Å². The standard InChI is InChI=1S/C11H11BrN4O/c1-11(2-3-11)16-8(12)6(4-17)7-9(13)14-5-15-10(7)16/h4-5H,2-3H2,1H3,(H2,13,14,15). The maximum atomic E-state index is 11.2. The van der Waals surface area contributed by atoms with E-state index in [1.807, 2.05) is 4.57 Å². The maximum Gasteiger partial charge on any atom is 0.153 e. The molecule has 2 aromatic rings. The zero-order valence-electron chi connectivity index (χ0n) is 9.27. The number of rotatable bonds is 2. The zero-order valence-corrected chi connectivity index (χ0v) is 10.9. The summed E-state index contributed by atoms with van der Waals surface area (Å²) in [6.07, 6.45) is 4.39. The predicted octanol–water partition coefficient (Wildman–Crippen LogP) is 2.10. The number of carbonyl (C=O) groups is 1. The second kappa shape index (κ2) is 3.29. The van der Waals surface area contributed by atoms with E-state index in [0.717, 1.165) is 29.4 Å². The molecule has 3 rings (SSSR count). The van der Waals surface area contributed by atoms with E-state index in [4.69, 9.17) is 5.73 Å². The van der Waals surface area contributed by atoms with Crippen molar-refractivity contribution in [2.45, 2.75) is 25.3 Å². The highest BCUT2D eigenvalue weighted by molar-refractivity contribution is 9.10. The van der Waals surface area contributed by atoms with Crippen LogP contribution in [-0.4, -0.2) is 20.8 Å². The quantitative estimate of drug-likeness (QED) is 0.861. The van der Waals surface area contributed by atoms with Crippen LogP contribution in [0.15, 0.2) is 10.9 Å². The number of nitrogen functional groups attached to an aromatic ring is 1. The number of carbonyl (C=O) groups excluding carboxylic acids is 1. The Kier molecular flexibility index (Phi) is 2.07. The fourth-order valence-electron chi connectivity index (χ4n) is 2.14. The van der Waals surface area contributed by atoms with E-state index in [1.165, 1.54) is 6.33 Å². The summed E-state index contributed by atoms with van der Waals surface area (Å²) in [7, 11) is 0. The topological polar surface area (TPSA) is 73.8 Å². The largest absolute Gasteiger partial charge is 0.383 e. The number of aromatic nitrogens is 3. The van der Waals surface area contributed by atoms with E-state index in [1.54, 1.807) is 0 Å². The van der Waals surface area contributed by atoms with E-state index in [-0.39, 0.29) is 5.54 Å². The number of nitrogens with zero attached hydrogens (tertiary/aromatic N) is 3. The molecule has 17 heavy (non-hydrogen) atoms. The van der Waals surface area contributed by atoms with Gasteiger partial charge in [-0.05, 0) is 35.7 Å². The molecule has 0 unspecified atom stereocenters. The van der Waals surface area contributed by atoms with Crippen LogP contribution >= 0.6 is 15.9 Å². The van der Waals surface area contributed by atoms with Crippen LogP contribution in [0.4, 0.5) is 5.82 Å². The summed E-state index contributed by atoms with van der Waals surface area (Å²) in [6, 6.07) is 0. The molecule has 0 spiro atoms. The predicted molar refractivity (Wildman–Crippen MR) is 67.9 cm³/mol. The van der Waals surface area contributed by atoms with Crippen LogP contribution in [-0.2, 0) is 5.54 Å². The van der Waals surface area contributed by atoms with Crippen molar-refractivity contribution in [3.8, 4) is 0 Å². The molecular weight excluding hydrogens is 284 g/mol. The summed E-state index contributed by atoms with van der Waals surface area (Å²) in [5.41, 5.74) is 7.14. The maximum absolute atomic E-state index is 11.2. The van der Waals surface area contributed by atoms with Crippen LogP contribution in [0.2, 0.25) is 0 Å². The minimum Gasteiger partial charge on any atom is -0.383 e. The van der Waals surface area contributed by atoms with Gasteiger partial charge in [-0.2, -0.15) is 0 Å². The molecule has 1 aliphatic carbocycles. The normalized spacial score (nSPS) is 17.3. The number of hydrogen-bond donors (Lipinski definition) is 1. The molecule has 1 aliphatic rings. The van der Waals surface area contributed by atoms with Gasteiger partial charge in [-0.1, -0.05) is 0 Å². The summed E-state index contributed by atoms with van der Waals surface area (Å²) in [5.74, 6) is 0.348. The average Bonchev–Trinajstić information content (AvgIpc) is 2.93. The van der Waals surface area contributed by atoms with Crippen molar-refractivity contribution in [3.63, 3.8) is 0 Å². The van der Waals surface area contributed by atoms with Crippen molar-refractivity contribution in [1.82, 2.24) is 14.5 Å². The highest BCUT2D eigenvalue weighted by Gasteiger charge is 2.42. The number of nitrogens with two attached hydrogens (primary N) is 1. The Hall–Kier alpha value is -1.43. The fraction of sp³-hybridized carbons (Fsp3) is 0.364. The Bertz CT molecular complexity index is 630. The van der Waals surface area contributed by atoms with E-state index in [2.05, 4.69) is 32.8 Å². The molecule has 1 fully saturated rings. The van der Waals surface area contributed by atoms with Gasteiger partial charge in [0.15, 0.2) is 6.29 Å². The van der Waals surface area contributed by atoms with Crippen LogP contribution in [0.3, 0.4) is 0 Å². The summed E-state index contributed by atoms with van der Waals surface area (Å²) < 4.78 is 2.79. The third-order valence-corrected chi connectivity index (χ3v) is 4.17. The molecule has 0 saturated heterocycles. The number of fused-ring (bicyclic) bond motifs is 1. The van der Waals surface area contributed by atoms with Gasteiger partial charge in [0.05, 0.1) is 15.6 Å². The molecule has 2 aromatic heterocycles. The molecular formula is C11H11BrN4O. The van der Waals surface area contributed by atoms with Gasteiger partial charge >= 0.3 is 0 Å². The third-order valence-electron chi connectivity index (χ3n) is 3.39. The average molecular weight is 295 g/mol. The SMILES string of the molecule is CC1(n2c(Br)c(C=O)c3c(N)ncnc32)CC1. The molecule has 0 amide bonds. The molecule has 1 saturated carbocycles. The van der Waals surface area contributed by atoms with E-state index < -0.39 is 0 Å². The minimum atomic E-state index is 0.0408. The van der Waals surface area contributed by atoms with E-state index in [9.17, 15) is 4.79 Å². The summed E-state index contributed by atoms with van der Waals surface area (Å²) in [5, 5.41) is 0.641. The second-order valence-electron chi connectivity index (χ2n) is 4.61. The molecule has 0 aliphatic heterocycles. The lowest BCUT2D eigenvalue weighted by Gasteiger charge is -2.13. The van der Waals surface area contributed by atoms with Crippen molar-refractivity contribution in [1.29, 1.82) is 0 Å². The van der Waals surface area contributed by atoms with Crippen LogP contribution in [0.1, 0.15) is 30.1 Å². The first-order valence-electron chi connectivity index (χ1n) is 5.34. The molecule has 0 bridgehead atoms. The first kappa shape index (κ1) is 10.7. The number of halogens is 1. The smallest absolute Gasteiger partial charge is 0.153 e. The van der Waals surface area contributed by atoms with Gasteiger partial charge < -0.3 is 10.3 Å². The Morgan fingerprint density at radius 1 is 1.53 bits per heavy atom. The van der Waals surface area contributed by atoms with Gasteiger partial charge in [0, 0.05) is 5.54 Å². The van der Waals surface area contributed by atoms with E-state index >= 15 is 0 Å². The third kappa shape index (κ3) is 1.33. The van der Waals surface area contributed by atoms with E-state index in [0.29, 0.717) is 16.8 Å². The van der Waals surface area contributed by atoms with Crippen LogP contribution < -0.4 is 5.73 Å². The van der Waals surface area contributed by atoms with Gasteiger partial charge in [-0.3, -0.25) is 4.79 Å². The first-order chi connectivity index (χ1) is 8.08. The fourth-order valence-corrected chi connectivity index (χ4v) is 3.03. The molecule has 0 atom stereocenters. The van der Waals surface area contributed by atoms with Gasteiger partial charge in [0.2, 0.25) is 0 Å². The van der Waals surface area contributed by atoms with Gasteiger partial charge in [-0.15, -0.1) is 0 Å². The lowest BCUT2D eigenvalue weighted by molar-refractivity contribution is 0.112. The van der Waals surface area contributed by atoms with Crippen molar-refractivity contribution in [2.24, 2.45) is 0 Å². The molecule has 0 radical (unpaired) electrons. The molecule has 88 valence electrons. The number of anilines is 1. The lowest BCUT2D eigenvalue weighted by atomic mass is 10.2. The molecule has 5 nitrogen and oxygen atoms in total. The monoisotopic (exact) mass is 294 g/mol. The van der Waals surface area contributed by atoms with Crippen LogP contribution in [0.5, 0.6) is 0 Å².